The minimum atomic E-state index is -5.77. The Bertz CT molecular complexity index is 1340. The first-order chi connectivity index (χ1) is 20.6. The number of pyridine rings is 1. The van der Waals surface area contributed by atoms with Gasteiger partial charge in [-0.1, -0.05) is 12.1 Å². The van der Waals surface area contributed by atoms with Crippen LogP contribution in [-0.4, -0.2) is 72.2 Å². The number of hydrogen-bond acceptors (Lipinski definition) is 9. The molecule has 3 N–H and O–H groups in total. The molecule has 0 aliphatic carbocycles. The lowest BCUT2D eigenvalue weighted by Gasteiger charge is -2.18. The van der Waals surface area contributed by atoms with Crippen molar-refractivity contribution in [2.24, 2.45) is 4.99 Å². The molecule has 238 valence electrons. The van der Waals surface area contributed by atoms with E-state index in [2.05, 4.69) is 25.9 Å². The molecule has 0 saturated carbocycles. The van der Waals surface area contributed by atoms with Crippen LogP contribution in [0.4, 0.5) is 32.0 Å². The van der Waals surface area contributed by atoms with Crippen molar-refractivity contribution >= 4 is 40.9 Å². The molecular weight excluding hydrogens is 604 g/mol. The highest BCUT2D eigenvalue weighted by molar-refractivity contribution is 6.41. The van der Waals surface area contributed by atoms with Crippen LogP contribution in [0.25, 0.3) is 0 Å². The lowest BCUT2D eigenvalue weighted by Crippen LogP contribution is -2.39. The monoisotopic (exact) mass is 631 g/mol. The molecule has 2 aromatic rings. The largest absolute Gasteiger partial charge is 0.466 e. The number of nitrogens with one attached hydrogen (secondary N) is 3. The third kappa shape index (κ3) is 11.8. The molecule has 0 spiro atoms. The van der Waals surface area contributed by atoms with Crippen molar-refractivity contribution < 1.29 is 55.1 Å². The summed E-state index contributed by atoms with van der Waals surface area (Å²) in [6, 6.07) is 9.90. The Kier molecular flexibility index (Phi) is 13.0. The van der Waals surface area contributed by atoms with E-state index >= 15 is 0 Å². The number of rotatable bonds is 10. The van der Waals surface area contributed by atoms with E-state index in [9.17, 15) is 50.3 Å². The number of aromatic nitrogens is 1. The van der Waals surface area contributed by atoms with Gasteiger partial charge >= 0.3 is 29.9 Å². The average molecular weight is 632 g/mol. The van der Waals surface area contributed by atoms with Crippen LogP contribution in [-0.2, 0) is 23.9 Å². The van der Waals surface area contributed by atoms with Crippen molar-refractivity contribution in [3.05, 3.63) is 59.9 Å². The summed E-state index contributed by atoms with van der Waals surface area (Å²) in [5, 5.41) is 8.60. The molecule has 44 heavy (non-hydrogen) atoms. The van der Waals surface area contributed by atoms with Crippen LogP contribution in [0.15, 0.2) is 53.8 Å². The maximum Gasteiger partial charge on any atom is 0.458 e. The molecular formula is C27H27F6N5O6. The second kappa shape index (κ2) is 16.1. The molecule has 1 aliphatic heterocycles. The van der Waals surface area contributed by atoms with Crippen LogP contribution in [0.5, 0.6) is 0 Å². The molecule has 1 atom stereocenters. The molecule has 1 aliphatic rings. The Morgan fingerprint density at radius 1 is 0.977 bits per heavy atom. The number of halogens is 6. The fraction of sp³-hybridized carbons (Fsp3) is 0.370. The third-order valence-corrected chi connectivity index (χ3v) is 5.52. The number of ether oxygens (including phenoxy) is 1. The minimum Gasteiger partial charge on any atom is -0.466 e. The molecule has 0 saturated heterocycles. The lowest BCUT2D eigenvalue weighted by atomic mass is 10.1. The SMILES string of the molecule is CCOC(=O)CC(NC(=O)CNC(=O)c1cccc(NC2=NCCC2)c1)c1cccnc1.O=C(C(=O)C(F)(F)F)C(F)(F)F. The number of carbonyl (C=O) groups excluding carboxylic acids is 5. The van der Waals surface area contributed by atoms with E-state index < -0.39 is 41.8 Å². The van der Waals surface area contributed by atoms with E-state index in [1.165, 1.54) is 0 Å². The van der Waals surface area contributed by atoms with Gasteiger partial charge in [0.2, 0.25) is 5.91 Å². The highest BCUT2D eigenvalue weighted by atomic mass is 19.4. The maximum absolute atomic E-state index is 12.5. The van der Waals surface area contributed by atoms with Crippen LogP contribution < -0.4 is 16.0 Å². The number of hydrogen-bond donors (Lipinski definition) is 3. The normalized spacial score (nSPS) is 13.4. The van der Waals surface area contributed by atoms with Gasteiger partial charge in [-0.2, -0.15) is 26.3 Å². The van der Waals surface area contributed by atoms with E-state index in [4.69, 9.17) is 4.74 Å². The number of benzene rings is 1. The summed E-state index contributed by atoms with van der Waals surface area (Å²) in [6.45, 7) is 2.55. The predicted octanol–water partition coefficient (Wildman–Crippen LogP) is 3.48. The number of carbonyl (C=O) groups is 5. The molecule has 3 rings (SSSR count). The van der Waals surface area contributed by atoms with Crippen molar-refractivity contribution in [1.82, 2.24) is 15.6 Å². The van der Waals surface area contributed by atoms with Crippen LogP contribution in [0.3, 0.4) is 0 Å². The Balaban J connectivity index is 0.000000477. The van der Waals surface area contributed by atoms with E-state index in [1.807, 2.05) is 6.07 Å². The molecule has 1 aromatic carbocycles. The number of aliphatic imine (C=N–C) groups is 1. The van der Waals surface area contributed by atoms with Gasteiger partial charge < -0.3 is 20.7 Å². The summed E-state index contributed by atoms with van der Waals surface area (Å²) in [7, 11) is 0. The smallest absolute Gasteiger partial charge is 0.458 e. The first-order valence-electron chi connectivity index (χ1n) is 12.9. The van der Waals surface area contributed by atoms with Crippen molar-refractivity contribution in [3.63, 3.8) is 0 Å². The summed E-state index contributed by atoms with van der Waals surface area (Å²) in [5.74, 6) is -7.14. The summed E-state index contributed by atoms with van der Waals surface area (Å²) in [5.41, 5.74) is 1.87. The Morgan fingerprint density at radius 2 is 1.66 bits per heavy atom. The number of Topliss-reactive ketones (excluding diaryl/α,β-unsaturated/α-hetero) is 2. The van der Waals surface area contributed by atoms with Gasteiger partial charge in [-0.05, 0) is 43.2 Å². The van der Waals surface area contributed by atoms with Crippen molar-refractivity contribution in [1.29, 1.82) is 0 Å². The lowest BCUT2D eigenvalue weighted by molar-refractivity contribution is -0.193. The van der Waals surface area contributed by atoms with Gasteiger partial charge in [0.15, 0.2) is 0 Å². The number of esters is 1. The number of alkyl halides is 6. The zero-order chi connectivity index (χ0) is 32.9. The van der Waals surface area contributed by atoms with Crippen LogP contribution in [0.2, 0.25) is 0 Å². The summed E-state index contributed by atoms with van der Waals surface area (Å²) in [6.07, 6.45) is -6.48. The molecule has 0 radical (unpaired) electrons. The van der Waals surface area contributed by atoms with Gasteiger partial charge in [0.05, 0.1) is 25.6 Å². The van der Waals surface area contributed by atoms with Gasteiger partial charge in [0.25, 0.3) is 5.91 Å². The van der Waals surface area contributed by atoms with E-state index in [0.29, 0.717) is 11.1 Å². The van der Waals surface area contributed by atoms with Gasteiger partial charge in [-0.25, -0.2) is 0 Å². The number of nitrogens with zero attached hydrogens (tertiary/aromatic N) is 2. The van der Waals surface area contributed by atoms with Crippen molar-refractivity contribution in [2.75, 3.05) is 25.0 Å². The molecule has 2 heterocycles. The summed E-state index contributed by atoms with van der Waals surface area (Å²) in [4.78, 5) is 64.6. The quantitative estimate of drug-likeness (QED) is 0.205. The second-order valence-corrected chi connectivity index (χ2v) is 8.89. The highest BCUT2D eigenvalue weighted by Gasteiger charge is 2.54. The molecule has 2 amide bonds. The predicted molar refractivity (Wildman–Crippen MR) is 142 cm³/mol. The van der Waals surface area contributed by atoms with Crippen molar-refractivity contribution in [3.8, 4) is 0 Å². The second-order valence-electron chi connectivity index (χ2n) is 8.89. The Morgan fingerprint density at radius 3 is 2.20 bits per heavy atom. The van der Waals surface area contributed by atoms with E-state index in [0.717, 1.165) is 30.9 Å². The standard InChI is InChI=1S/C23H27N5O4.C4F6O2/c1-2-32-22(30)13-19(17-7-4-10-24-14-17)28-21(29)15-26-23(31)16-6-3-8-18(12-16)27-20-9-5-11-25-20;5-3(6,7)1(11)2(12)4(8,9)10/h3-4,6-8,10,12,14,19H,2,5,9,11,13,15H2,1H3,(H,25,27)(H,26,31)(H,28,29);. The third-order valence-electron chi connectivity index (χ3n) is 5.52. The maximum atomic E-state index is 12.5. The zero-order valence-electron chi connectivity index (χ0n) is 23.1. The molecule has 11 nitrogen and oxygen atoms in total. The molecule has 17 heteroatoms. The van der Waals surface area contributed by atoms with Crippen molar-refractivity contribution in [2.45, 2.75) is 44.6 Å². The fourth-order valence-corrected chi connectivity index (χ4v) is 3.53. The fourth-order valence-electron chi connectivity index (χ4n) is 3.53. The Labute approximate surface area is 246 Å². The van der Waals surface area contributed by atoms with Crippen LogP contribution in [0, 0.1) is 0 Å². The van der Waals surface area contributed by atoms with Crippen LogP contribution in [0.1, 0.15) is 48.1 Å². The first-order valence-corrected chi connectivity index (χ1v) is 12.9. The molecule has 1 unspecified atom stereocenters. The molecule has 1 aromatic heterocycles. The number of amides is 2. The van der Waals surface area contributed by atoms with Gasteiger partial charge in [0, 0.05) is 36.6 Å². The number of amidine groups is 1. The van der Waals surface area contributed by atoms with Gasteiger partial charge in [-0.15, -0.1) is 0 Å². The first kappa shape index (κ1) is 35.4. The molecule has 0 fully saturated rings. The average Bonchev–Trinajstić information content (AvgIpc) is 3.48. The highest BCUT2D eigenvalue weighted by Crippen LogP contribution is 2.24. The van der Waals surface area contributed by atoms with Gasteiger partial charge in [-0.3, -0.25) is 33.9 Å². The number of anilines is 1. The zero-order valence-corrected chi connectivity index (χ0v) is 23.1. The summed E-state index contributed by atoms with van der Waals surface area (Å²) >= 11 is 0. The Hall–Kier alpha value is -4.83. The number of ketones is 2. The topological polar surface area (TPSA) is 156 Å². The van der Waals surface area contributed by atoms with E-state index in [-0.39, 0.29) is 25.5 Å². The molecule has 0 bridgehead atoms. The van der Waals surface area contributed by atoms with E-state index in [1.54, 1.807) is 49.6 Å². The van der Waals surface area contributed by atoms with Gasteiger partial charge in [0.1, 0.15) is 5.84 Å². The summed E-state index contributed by atoms with van der Waals surface area (Å²) < 4.78 is 72.0. The van der Waals surface area contributed by atoms with Crippen LogP contribution >= 0.6 is 0 Å². The minimum absolute atomic E-state index is 0.0309.